The number of nitrogens with two attached hydrogens (primary N) is 1. The molecule has 0 saturated carbocycles. The van der Waals surface area contributed by atoms with Gasteiger partial charge in [-0.1, -0.05) is 26.0 Å². The standard InChI is InChI=1S/C15H19N3O2/c1-9(2)14(16)15(19)18-12-6-4-11(5-7-12)13-8-20-10(3)17-13/h4-9,14H,16H2,1-3H3,(H,18,19). The van der Waals surface area contributed by atoms with E-state index in [-0.39, 0.29) is 11.8 Å². The molecule has 0 bridgehead atoms. The minimum atomic E-state index is -0.507. The number of hydrogen-bond acceptors (Lipinski definition) is 4. The van der Waals surface area contributed by atoms with Gasteiger partial charge in [0.2, 0.25) is 5.91 Å². The highest BCUT2D eigenvalue weighted by atomic mass is 16.3. The summed E-state index contributed by atoms with van der Waals surface area (Å²) in [4.78, 5) is 16.1. The Morgan fingerprint density at radius 1 is 1.30 bits per heavy atom. The number of anilines is 1. The first-order valence-electron chi connectivity index (χ1n) is 6.56. The molecule has 1 aromatic heterocycles. The third kappa shape index (κ3) is 3.24. The number of carbonyl (C=O) groups excluding carboxylic acids is 1. The topological polar surface area (TPSA) is 81.2 Å². The van der Waals surface area contributed by atoms with Gasteiger partial charge in [-0.3, -0.25) is 4.79 Å². The largest absolute Gasteiger partial charge is 0.449 e. The van der Waals surface area contributed by atoms with Crippen molar-refractivity contribution in [2.24, 2.45) is 11.7 Å². The minimum Gasteiger partial charge on any atom is -0.449 e. The highest BCUT2D eigenvalue weighted by molar-refractivity contribution is 5.95. The SMILES string of the molecule is Cc1nc(-c2ccc(NC(=O)C(N)C(C)C)cc2)co1. The van der Waals surface area contributed by atoms with Crippen LogP contribution in [0.2, 0.25) is 0 Å². The summed E-state index contributed by atoms with van der Waals surface area (Å²) in [6.07, 6.45) is 1.61. The van der Waals surface area contributed by atoms with E-state index in [0.29, 0.717) is 5.89 Å². The van der Waals surface area contributed by atoms with Crippen molar-refractivity contribution in [3.05, 3.63) is 36.4 Å². The Bertz CT molecular complexity index is 587. The summed E-state index contributed by atoms with van der Waals surface area (Å²) in [6, 6.07) is 6.91. The smallest absolute Gasteiger partial charge is 0.241 e. The highest BCUT2D eigenvalue weighted by Crippen LogP contribution is 2.20. The monoisotopic (exact) mass is 273 g/mol. The second kappa shape index (κ2) is 5.88. The highest BCUT2D eigenvalue weighted by Gasteiger charge is 2.17. The van der Waals surface area contributed by atoms with Crippen LogP contribution in [0.1, 0.15) is 19.7 Å². The summed E-state index contributed by atoms with van der Waals surface area (Å²) in [6.45, 7) is 5.63. The van der Waals surface area contributed by atoms with E-state index >= 15 is 0 Å². The van der Waals surface area contributed by atoms with Crippen LogP contribution in [-0.4, -0.2) is 16.9 Å². The van der Waals surface area contributed by atoms with Crippen LogP contribution in [0.4, 0.5) is 5.69 Å². The average Bonchev–Trinajstić information content (AvgIpc) is 2.85. The lowest BCUT2D eigenvalue weighted by molar-refractivity contribution is -0.118. The molecule has 0 saturated heterocycles. The van der Waals surface area contributed by atoms with Gasteiger partial charge in [-0.25, -0.2) is 4.98 Å². The van der Waals surface area contributed by atoms with Crippen LogP contribution in [0.5, 0.6) is 0 Å². The van der Waals surface area contributed by atoms with E-state index in [1.165, 1.54) is 0 Å². The molecular weight excluding hydrogens is 254 g/mol. The first-order valence-corrected chi connectivity index (χ1v) is 6.56. The number of rotatable bonds is 4. The molecule has 5 heteroatoms. The van der Waals surface area contributed by atoms with Crippen molar-refractivity contribution in [3.63, 3.8) is 0 Å². The van der Waals surface area contributed by atoms with E-state index in [0.717, 1.165) is 16.9 Å². The van der Waals surface area contributed by atoms with Gasteiger partial charge >= 0.3 is 0 Å². The van der Waals surface area contributed by atoms with Crippen LogP contribution in [0.25, 0.3) is 11.3 Å². The quantitative estimate of drug-likeness (QED) is 0.897. The van der Waals surface area contributed by atoms with E-state index in [4.69, 9.17) is 10.2 Å². The maximum atomic E-state index is 11.8. The lowest BCUT2D eigenvalue weighted by atomic mass is 10.0. The predicted molar refractivity (Wildman–Crippen MR) is 78.1 cm³/mol. The zero-order valence-electron chi connectivity index (χ0n) is 11.9. The first kappa shape index (κ1) is 14.3. The number of hydrogen-bond donors (Lipinski definition) is 2. The zero-order valence-corrected chi connectivity index (χ0v) is 11.9. The summed E-state index contributed by atoms with van der Waals surface area (Å²) in [5.41, 5.74) is 8.23. The molecule has 0 aliphatic rings. The Morgan fingerprint density at radius 3 is 2.45 bits per heavy atom. The molecule has 0 spiro atoms. The van der Waals surface area contributed by atoms with Gasteiger partial charge in [-0.05, 0) is 18.1 Å². The normalized spacial score (nSPS) is 12.4. The van der Waals surface area contributed by atoms with Crippen LogP contribution in [0.15, 0.2) is 34.9 Å². The average molecular weight is 273 g/mol. The van der Waals surface area contributed by atoms with Crippen LogP contribution in [0, 0.1) is 12.8 Å². The van der Waals surface area contributed by atoms with Crippen LogP contribution < -0.4 is 11.1 Å². The number of oxazole rings is 1. The van der Waals surface area contributed by atoms with E-state index in [9.17, 15) is 4.79 Å². The van der Waals surface area contributed by atoms with Gasteiger partial charge in [0.15, 0.2) is 5.89 Å². The number of benzene rings is 1. The maximum Gasteiger partial charge on any atom is 0.241 e. The molecule has 106 valence electrons. The van der Waals surface area contributed by atoms with Crippen molar-refractivity contribution < 1.29 is 9.21 Å². The Kier molecular flexibility index (Phi) is 4.20. The Morgan fingerprint density at radius 2 is 1.95 bits per heavy atom. The van der Waals surface area contributed by atoms with Gasteiger partial charge in [-0.2, -0.15) is 0 Å². The van der Waals surface area contributed by atoms with E-state index in [2.05, 4.69) is 10.3 Å². The molecule has 3 N–H and O–H groups in total. The number of aryl methyl sites for hydroxylation is 1. The molecular formula is C15H19N3O2. The Labute approximate surface area is 118 Å². The lowest BCUT2D eigenvalue weighted by Crippen LogP contribution is -2.39. The van der Waals surface area contributed by atoms with Gasteiger partial charge in [0.1, 0.15) is 12.0 Å². The van der Waals surface area contributed by atoms with Crippen molar-refractivity contribution >= 4 is 11.6 Å². The number of carbonyl (C=O) groups is 1. The van der Waals surface area contributed by atoms with Crippen LogP contribution >= 0.6 is 0 Å². The summed E-state index contributed by atoms with van der Waals surface area (Å²) >= 11 is 0. The summed E-state index contributed by atoms with van der Waals surface area (Å²) in [5.74, 6) is 0.553. The van der Waals surface area contributed by atoms with Crippen molar-refractivity contribution in [2.75, 3.05) is 5.32 Å². The molecule has 5 nitrogen and oxygen atoms in total. The second-order valence-corrected chi connectivity index (χ2v) is 5.09. The fourth-order valence-electron chi connectivity index (χ4n) is 1.75. The van der Waals surface area contributed by atoms with Crippen molar-refractivity contribution in [3.8, 4) is 11.3 Å². The van der Waals surface area contributed by atoms with E-state index in [1.807, 2.05) is 38.1 Å². The second-order valence-electron chi connectivity index (χ2n) is 5.09. The zero-order chi connectivity index (χ0) is 14.7. The summed E-state index contributed by atoms with van der Waals surface area (Å²) < 4.78 is 5.17. The fraction of sp³-hybridized carbons (Fsp3) is 0.333. The molecule has 0 fully saturated rings. The number of amides is 1. The molecule has 1 unspecified atom stereocenters. The third-order valence-electron chi connectivity index (χ3n) is 3.09. The lowest BCUT2D eigenvalue weighted by Gasteiger charge is -2.15. The number of aromatic nitrogens is 1. The molecule has 1 heterocycles. The molecule has 1 amide bonds. The Hall–Kier alpha value is -2.14. The van der Waals surface area contributed by atoms with Crippen molar-refractivity contribution in [1.82, 2.24) is 4.98 Å². The summed E-state index contributed by atoms with van der Waals surface area (Å²) in [5, 5.41) is 2.80. The molecule has 1 atom stereocenters. The predicted octanol–water partition coefficient (Wildman–Crippen LogP) is 2.57. The minimum absolute atomic E-state index is 0.104. The first-order chi connectivity index (χ1) is 9.47. The van der Waals surface area contributed by atoms with Gasteiger partial charge in [0.25, 0.3) is 0 Å². The molecule has 2 aromatic rings. The molecule has 0 aliphatic heterocycles. The molecule has 0 aliphatic carbocycles. The Balaban J connectivity index is 2.07. The van der Waals surface area contributed by atoms with Gasteiger partial charge in [-0.15, -0.1) is 0 Å². The van der Waals surface area contributed by atoms with Gasteiger partial charge < -0.3 is 15.5 Å². The third-order valence-corrected chi connectivity index (χ3v) is 3.09. The van der Waals surface area contributed by atoms with Crippen molar-refractivity contribution in [2.45, 2.75) is 26.8 Å². The van der Waals surface area contributed by atoms with Crippen molar-refractivity contribution in [1.29, 1.82) is 0 Å². The molecule has 2 rings (SSSR count). The molecule has 0 radical (unpaired) electrons. The number of nitrogens with zero attached hydrogens (tertiary/aromatic N) is 1. The van der Waals surface area contributed by atoms with Crippen LogP contribution in [-0.2, 0) is 4.79 Å². The fourth-order valence-corrected chi connectivity index (χ4v) is 1.75. The van der Waals surface area contributed by atoms with Gasteiger partial charge in [0.05, 0.1) is 6.04 Å². The molecule has 1 aromatic carbocycles. The molecule has 20 heavy (non-hydrogen) atoms. The van der Waals surface area contributed by atoms with Crippen LogP contribution in [0.3, 0.4) is 0 Å². The number of nitrogens with one attached hydrogen (secondary N) is 1. The van der Waals surface area contributed by atoms with Gasteiger partial charge in [0, 0.05) is 18.2 Å². The van der Waals surface area contributed by atoms with E-state index < -0.39 is 6.04 Å². The van der Waals surface area contributed by atoms with E-state index in [1.54, 1.807) is 13.2 Å². The summed E-state index contributed by atoms with van der Waals surface area (Å²) in [7, 11) is 0. The maximum absolute atomic E-state index is 11.8.